The molecule has 1 unspecified atom stereocenters. The highest BCUT2D eigenvalue weighted by molar-refractivity contribution is 6.03. The Morgan fingerprint density at radius 3 is 2.74 bits per heavy atom. The molecule has 1 atom stereocenters. The van der Waals surface area contributed by atoms with Crippen LogP contribution >= 0.6 is 0 Å². The van der Waals surface area contributed by atoms with Gasteiger partial charge in [-0.25, -0.2) is 4.68 Å². The first kappa shape index (κ1) is 15.0. The highest BCUT2D eigenvalue weighted by atomic mass is 16.2. The molecule has 0 radical (unpaired) electrons. The normalized spacial score (nSPS) is 17.7. The molecule has 3 amide bonds. The van der Waals surface area contributed by atoms with Crippen LogP contribution in [-0.4, -0.2) is 33.5 Å². The highest BCUT2D eigenvalue weighted by Gasteiger charge is 2.28. The average molecular weight is 312 g/mol. The molecule has 3 rings (SSSR count). The molecule has 1 aliphatic rings. The van der Waals surface area contributed by atoms with Gasteiger partial charge in [-0.15, -0.1) is 0 Å². The van der Waals surface area contributed by atoms with Crippen LogP contribution in [0.2, 0.25) is 0 Å². The van der Waals surface area contributed by atoms with Gasteiger partial charge < -0.3 is 5.32 Å². The van der Waals surface area contributed by atoms with E-state index in [1.165, 1.54) is 0 Å². The second-order valence-electron chi connectivity index (χ2n) is 5.40. The first-order valence-corrected chi connectivity index (χ1v) is 7.31. The predicted molar refractivity (Wildman–Crippen MR) is 81.9 cm³/mol. The van der Waals surface area contributed by atoms with E-state index in [1.807, 2.05) is 37.3 Å². The van der Waals surface area contributed by atoms with Crippen LogP contribution in [0, 0.1) is 6.92 Å². The van der Waals surface area contributed by atoms with E-state index in [0.717, 1.165) is 11.4 Å². The van der Waals surface area contributed by atoms with Crippen molar-refractivity contribution in [3.63, 3.8) is 0 Å². The van der Waals surface area contributed by atoms with Crippen molar-refractivity contribution in [1.29, 1.82) is 0 Å². The third kappa shape index (κ3) is 3.13. The lowest BCUT2D eigenvalue weighted by Gasteiger charge is -2.21. The molecule has 2 aromatic rings. The molecule has 1 fully saturated rings. The number of nitrogens with one attached hydrogen (secondary N) is 2. The monoisotopic (exact) mass is 312 g/mol. The molecule has 1 saturated heterocycles. The second kappa shape index (κ2) is 6.04. The number of amides is 3. The number of aromatic nitrogens is 2. The Balaban J connectivity index is 1.76. The number of carbonyl (C=O) groups excluding carboxylic acids is 3. The van der Waals surface area contributed by atoms with Crippen LogP contribution in [0.3, 0.4) is 0 Å². The molecule has 0 saturated carbocycles. The van der Waals surface area contributed by atoms with E-state index >= 15 is 0 Å². The molecule has 0 bridgehead atoms. The predicted octanol–water partition coefficient (Wildman–Crippen LogP) is 0.716. The van der Waals surface area contributed by atoms with E-state index in [2.05, 4.69) is 15.7 Å². The summed E-state index contributed by atoms with van der Waals surface area (Å²) in [5.74, 6) is -1.23. The number of hydrogen-bond acceptors (Lipinski definition) is 4. The SMILES string of the molecule is Cc1cc(C(=O)NC2CCC(=O)NC2=O)nn1-c1ccccc1. The number of piperidine rings is 1. The Bertz CT molecular complexity index is 767. The summed E-state index contributed by atoms with van der Waals surface area (Å²) in [7, 11) is 0. The topological polar surface area (TPSA) is 93.1 Å². The number of rotatable bonds is 3. The van der Waals surface area contributed by atoms with E-state index in [9.17, 15) is 14.4 Å². The van der Waals surface area contributed by atoms with Crippen molar-refractivity contribution in [2.24, 2.45) is 0 Å². The van der Waals surface area contributed by atoms with Crippen molar-refractivity contribution in [3.8, 4) is 5.69 Å². The number of aryl methyl sites for hydroxylation is 1. The fourth-order valence-electron chi connectivity index (χ4n) is 2.48. The van der Waals surface area contributed by atoms with Crippen LogP contribution in [0.15, 0.2) is 36.4 Å². The van der Waals surface area contributed by atoms with Crippen molar-refractivity contribution < 1.29 is 14.4 Å². The van der Waals surface area contributed by atoms with Crippen molar-refractivity contribution in [3.05, 3.63) is 47.8 Å². The van der Waals surface area contributed by atoms with Crippen LogP contribution in [0.4, 0.5) is 0 Å². The Kier molecular flexibility index (Phi) is 3.92. The van der Waals surface area contributed by atoms with E-state index in [1.54, 1.807) is 10.7 Å². The van der Waals surface area contributed by atoms with Crippen molar-refractivity contribution in [2.45, 2.75) is 25.8 Å². The van der Waals surface area contributed by atoms with Gasteiger partial charge in [0, 0.05) is 12.1 Å². The minimum absolute atomic E-state index is 0.216. The number of benzene rings is 1. The molecule has 7 nitrogen and oxygen atoms in total. The largest absolute Gasteiger partial charge is 0.339 e. The van der Waals surface area contributed by atoms with Crippen LogP contribution in [0.5, 0.6) is 0 Å². The van der Waals surface area contributed by atoms with Gasteiger partial charge in [0.25, 0.3) is 5.91 Å². The van der Waals surface area contributed by atoms with Gasteiger partial charge in [0.2, 0.25) is 11.8 Å². The van der Waals surface area contributed by atoms with Crippen LogP contribution in [-0.2, 0) is 9.59 Å². The van der Waals surface area contributed by atoms with Gasteiger partial charge in [0.1, 0.15) is 6.04 Å². The minimum atomic E-state index is -0.706. The standard InChI is InChI=1S/C16H16N4O3/c1-10-9-13(19-20(10)11-5-3-2-4-6-11)16(23)17-12-7-8-14(21)18-15(12)22/h2-6,9,12H,7-8H2,1H3,(H,17,23)(H,18,21,22). The van der Waals surface area contributed by atoms with Gasteiger partial charge >= 0.3 is 0 Å². The average Bonchev–Trinajstić information content (AvgIpc) is 2.93. The molecule has 0 spiro atoms. The summed E-state index contributed by atoms with van der Waals surface area (Å²) in [6, 6.07) is 10.4. The number of hydrogen-bond donors (Lipinski definition) is 2. The lowest BCUT2D eigenvalue weighted by atomic mass is 10.1. The molecule has 1 aromatic heterocycles. The van der Waals surface area contributed by atoms with Gasteiger partial charge in [0.15, 0.2) is 5.69 Å². The van der Waals surface area contributed by atoms with E-state index in [-0.39, 0.29) is 18.0 Å². The third-order valence-corrected chi connectivity index (χ3v) is 3.67. The molecular formula is C16H16N4O3. The van der Waals surface area contributed by atoms with Crippen LogP contribution < -0.4 is 10.6 Å². The molecule has 7 heteroatoms. The Hall–Kier alpha value is -2.96. The molecule has 1 aromatic carbocycles. The fraction of sp³-hybridized carbons (Fsp3) is 0.250. The van der Waals surface area contributed by atoms with E-state index < -0.39 is 17.9 Å². The van der Waals surface area contributed by atoms with Gasteiger partial charge in [-0.3, -0.25) is 19.7 Å². The molecule has 1 aliphatic heterocycles. The van der Waals surface area contributed by atoms with Crippen molar-refractivity contribution in [2.75, 3.05) is 0 Å². The summed E-state index contributed by atoms with van der Waals surface area (Å²) in [4.78, 5) is 35.1. The molecule has 118 valence electrons. The zero-order valence-electron chi connectivity index (χ0n) is 12.6. The first-order valence-electron chi connectivity index (χ1n) is 7.31. The van der Waals surface area contributed by atoms with Crippen LogP contribution in [0.1, 0.15) is 29.0 Å². The number of para-hydroxylation sites is 1. The van der Waals surface area contributed by atoms with E-state index in [0.29, 0.717) is 6.42 Å². The third-order valence-electron chi connectivity index (χ3n) is 3.67. The summed E-state index contributed by atoms with van der Waals surface area (Å²) >= 11 is 0. The summed E-state index contributed by atoms with van der Waals surface area (Å²) in [6.45, 7) is 1.85. The molecule has 23 heavy (non-hydrogen) atoms. The quantitative estimate of drug-likeness (QED) is 0.817. The fourth-order valence-corrected chi connectivity index (χ4v) is 2.48. The summed E-state index contributed by atoms with van der Waals surface area (Å²) in [5.41, 5.74) is 1.89. The Labute approximate surface area is 132 Å². The number of carbonyl (C=O) groups is 3. The zero-order chi connectivity index (χ0) is 16.4. The summed E-state index contributed by atoms with van der Waals surface area (Å²) in [5, 5.41) is 9.12. The zero-order valence-corrected chi connectivity index (χ0v) is 12.6. The molecule has 2 N–H and O–H groups in total. The van der Waals surface area contributed by atoms with Gasteiger partial charge in [-0.2, -0.15) is 5.10 Å². The van der Waals surface area contributed by atoms with Crippen molar-refractivity contribution >= 4 is 17.7 Å². The lowest BCUT2D eigenvalue weighted by molar-refractivity contribution is -0.134. The molecular weight excluding hydrogens is 296 g/mol. The summed E-state index contributed by atoms with van der Waals surface area (Å²) < 4.78 is 1.67. The maximum atomic E-state index is 12.3. The van der Waals surface area contributed by atoms with Crippen LogP contribution in [0.25, 0.3) is 5.69 Å². The lowest BCUT2D eigenvalue weighted by Crippen LogP contribution is -2.52. The smallest absolute Gasteiger partial charge is 0.272 e. The van der Waals surface area contributed by atoms with Crippen molar-refractivity contribution in [1.82, 2.24) is 20.4 Å². The maximum absolute atomic E-state index is 12.3. The van der Waals surface area contributed by atoms with E-state index in [4.69, 9.17) is 0 Å². The van der Waals surface area contributed by atoms with Gasteiger partial charge in [-0.1, -0.05) is 18.2 Å². The number of nitrogens with zero attached hydrogens (tertiary/aromatic N) is 2. The highest BCUT2D eigenvalue weighted by Crippen LogP contribution is 2.12. The summed E-state index contributed by atoms with van der Waals surface area (Å²) in [6.07, 6.45) is 0.517. The first-order chi connectivity index (χ1) is 11.0. The van der Waals surface area contributed by atoms with Gasteiger partial charge in [0.05, 0.1) is 5.69 Å². The molecule has 2 heterocycles. The Morgan fingerprint density at radius 2 is 2.04 bits per heavy atom. The second-order valence-corrected chi connectivity index (χ2v) is 5.40. The number of imide groups is 1. The van der Waals surface area contributed by atoms with Gasteiger partial charge in [-0.05, 0) is 31.5 Å². The molecule has 0 aliphatic carbocycles. The maximum Gasteiger partial charge on any atom is 0.272 e. The Morgan fingerprint density at radius 1 is 1.30 bits per heavy atom. The minimum Gasteiger partial charge on any atom is -0.339 e.